The Morgan fingerprint density at radius 1 is 1.03 bits per heavy atom. The van der Waals surface area contributed by atoms with E-state index in [0.29, 0.717) is 54.3 Å². The summed E-state index contributed by atoms with van der Waals surface area (Å²) in [5, 5.41) is 0. The van der Waals surface area contributed by atoms with Crippen LogP contribution in [-0.2, 0) is 13.1 Å². The molecule has 2 aliphatic rings. The van der Waals surface area contributed by atoms with Gasteiger partial charge in [-0.3, -0.25) is 9.69 Å². The largest absolute Gasteiger partial charge is 0.493 e. The monoisotopic (exact) mass is 485 g/mol. The number of Topliss-reactive ketones (excluding diaryl/α,β-unsaturated/α-hetero) is 1. The number of carbonyl (C=O) groups is 1. The summed E-state index contributed by atoms with van der Waals surface area (Å²) in [5.41, 5.74) is 5.65. The van der Waals surface area contributed by atoms with E-state index in [1.54, 1.807) is 14.2 Å². The van der Waals surface area contributed by atoms with Gasteiger partial charge in [0.15, 0.2) is 17.3 Å². The van der Waals surface area contributed by atoms with Crippen molar-refractivity contribution < 1.29 is 23.7 Å². The molecule has 6 nitrogen and oxygen atoms in total. The standard InChI is InChI=1S/C30H31NO5/c1-18(2)22-9-6-20(7-10-22)13-27-29(32)28-19(3)12-25-23(30(28)36-27)16-31(17-35-25)15-21-8-11-24(33-4)26(14-21)34-5/h6-14,18H,15-17H2,1-5H3/b27-13-. The molecule has 0 fully saturated rings. The zero-order valence-corrected chi connectivity index (χ0v) is 21.4. The van der Waals surface area contributed by atoms with Gasteiger partial charge >= 0.3 is 0 Å². The fourth-order valence-electron chi connectivity index (χ4n) is 4.74. The lowest BCUT2D eigenvalue weighted by molar-refractivity contribution is 0.0871. The van der Waals surface area contributed by atoms with Gasteiger partial charge in [0.25, 0.3) is 0 Å². The quantitative estimate of drug-likeness (QED) is 0.393. The minimum absolute atomic E-state index is 0.0877. The van der Waals surface area contributed by atoms with Crippen LogP contribution in [0.25, 0.3) is 6.08 Å². The van der Waals surface area contributed by atoms with Gasteiger partial charge in [-0.2, -0.15) is 0 Å². The molecule has 0 spiro atoms. The third kappa shape index (κ3) is 4.44. The topological polar surface area (TPSA) is 57.2 Å². The second-order valence-corrected chi connectivity index (χ2v) is 9.59. The summed E-state index contributed by atoms with van der Waals surface area (Å²) in [5.74, 6) is 3.47. The zero-order chi connectivity index (χ0) is 25.4. The lowest BCUT2D eigenvalue weighted by Gasteiger charge is -2.30. The predicted octanol–water partition coefficient (Wildman–Crippen LogP) is 6.10. The molecule has 3 aromatic carbocycles. The number of methoxy groups -OCH3 is 2. The van der Waals surface area contributed by atoms with Crippen molar-refractivity contribution in [1.82, 2.24) is 4.90 Å². The number of aryl methyl sites for hydroxylation is 1. The molecule has 0 bridgehead atoms. The smallest absolute Gasteiger partial charge is 0.232 e. The molecule has 36 heavy (non-hydrogen) atoms. The molecule has 0 unspecified atom stereocenters. The summed E-state index contributed by atoms with van der Waals surface area (Å²) in [6.07, 6.45) is 1.82. The van der Waals surface area contributed by atoms with Gasteiger partial charge in [0, 0.05) is 13.1 Å². The lowest BCUT2D eigenvalue weighted by Crippen LogP contribution is -2.31. The van der Waals surface area contributed by atoms with E-state index in [1.807, 2.05) is 49.4 Å². The highest BCUT2D eigenvalue weighted by molar-refractivity contribution is 6.15. The van der Waals surface area contributed by atoms with Gasteiger partial charge in [-0.25, -0.2) is 0 Å². The summed E-state index contributed by atoms with van der Waals surface area (Å²) in [6, 6.07) is 16.1. The molecule has 186 valence electrons. The van der Waals surface area contributed by atoms with Crippen LogP contribution in [0.1, 0.15) is 57.9 Å². The molecule has 2 aliphatic heterocycles. The predicted molar refractivity (Wildman–Crippen MR) is 139 cm³/mol. The van der Waals surface area contributed by atoms with Gasteiger partial charge in [0.05, 0.1) is 25.3 Å². The SMILES string of the molecule is COc1ccc(CN2COc3cc(C)c4c(c3C2)O/C(=C\c2ccc(C(C)C)cc2)C4=O)cc1OC. The normalized spacial score (nSPS) is 15.9. The van der Waals surface area contributed by atoms with E-state index < -0.39 is 0 Å². The highest BCUT2D eigenvalue weighted by Gasteiger charge is 2.35. The minimum atomic E-state index is -0.0877. The summed E-state index contributed by atoms with van der Waals surface area (Å²) in [7, 11) is 3.26. The van der Waals surface area contributed by atoms with Crippen LogP contribution in [0.2, 0.25) is 0 Å². The van der Waals surface area contributed by atoms with Crippen molar-refractivity contribution >= 4 is 11.9 Å². The fourth-order valence-corrected chi connectivity index (χ4v) is 4.74. The van der Waals surface area contributed by atoms with Crippen LogP contribution in [0.4, 0.5) is 0 Å². The minimum Gasteiger partial charge on any atom is -0.493 e. The average molecular weight is 486 g/mol. The number of nitrogens with zero attached hydrogens (tertiary/aromatic N) is 1. The van der Waals surface area contributed by atoms with Crippen LogP contribution in [0, 0.1) is 6.92 Å². The second-order valence-electron chi connectivity index (χ2n) is 9.59. The van der Waals surface area contributed by atoms with E-state index in [4.69, 9.17) is 18.9 Å². The van der Waals surface area contributed by atoms with Crippen LogP contribution in [0.15, 0.2) is 54.3 Å². The number of fused-ring (bicyclic) bond motifs is 3. The van der Waals surface area contributed by atoms with Crippen molar-refractivity contribution in [3.63, 3.8) is 0 Å². The molecule has 5 rings (SSSR count). The Kier molecular flexibility index (Phi) is 6.46. The Bertz CT molecular complexity index is 1340. The number of hydrogen-bond donors (Lipinski definition) is 0. The Balaban J connectivity index is 1.41. The van der Waals surface area contributed by atoms with Crippen LogP contribution in [-0.4, -0.2) is 31.6 Å². The van der Waals surface area contributed by atoms with Crippen LogP contribution in [0.3, 0.4) is 0 Å². The van der Waals surface area contributed by atoms with E-state index >= 15 is 0 Å². The van der Waals surface area contributed by atoms with Crippen molar-refractivity contribution in [3.8, 4) is 23.0 Å². The first kappa shape index (κ1) is 23.9. The highest BCUT2D eigenvalue weighted by Crippen LogP contribution is 2.44. The molecule has 0 amide bonds. The molecule has 0 aromatic heterocycles. The van der Waals surface area contributed by atoms with E-state index in [9.17, 15) is 4.79 Å². The van der Waals surface area contributed by atoms with Gasteiger partial charge in [0.1, 0.15) is 18.2 Å². The first-order valence-corrected chi connectivity index (χ1v) is 12.1. The number of hydrogen-bond acceptors (Lipinski definition) is 6. The van der Waals surface area contributed by atoms with E-state index in [-0.39, 0.29) is 5.78 Å². The van der Waals surface area contributed by atoms with E-state index in [1.165, 1.54) is 5.56 Å². The number of carbonyl (C=O) groups excluding carboxylic acids is 1. The lowest BCUT2D eigenvalue weighted by atomic mass is 9.98. The molecule has 2 heterocycles. The molecule has 0 aliphatic carbocycles. The molecule has 0 N–H and O–H groups in total. The molecular weight excluding hydrogens is 454 g/mol. The van der Waals surface area contributed by atoms with Crippen molar-refractivity contribution in [2.75, 3.05) is 21.0 Å². The Morgan fingerprint density at radius 3 is 2.47 bits per heavy atom. The second kappa shape index (κ2) is 9.70. The molecule has 3 aromatic rings. The van der Waals surface area contributed by atoms with Crippen LogP contribution >= 0.6 is 0 Å². The maximum atomic E-state index is 13.3. The maximum absolute atomic E-state index is 13.3. The third-order valence-electron chi connectivity index (χ3n) is 6.74. The van der Waals surface area contributed by atoms with Crippen molar-refractivity contribution in [1.29, 1.82) is 0 Å². The van der Waals surface area contributed by atoms with Crippen molar-refractivity contribution in [2.24, 2.45) is 0 Å². The van der Waals surface area contributed by atoms with E-state index in [0.717, 1.165) is 28.0 Å². The van der Waals surface area contributed by atoms with E-state index in [2.05, 4.69) is 30.9 Å². The highest BCUT2D eigenvalue weighted by atomic mass is 16.5. The number of ketones is 1. The fraction of sp³-hybridized carbons (Fsp3) is 0.300. The summed E-state index contributed by atoms with van der Waals surface area (Å²) in [6.45, 7) is 7.96. The summed E-state index contributed by atoms with van der Waals surface area (Å²) < 4.78 is 23.1. The van der Waals surface area contributed by atoms with Crippen molar-refractivity contribution in [3.05, 3.63) is 87.7 Å². The van der Waals surface area contributed by atoms with Gasteiger partial charge in [0.2, 0.25) is 5.78 Å². The maximum Gasteiger partial charge on any atom is 0.232 e. The number of allylic oxidation sites excluding steroid dienone is 1. The van der Waals surface area contributed by atoms with Crippen LogP contribution < -0.4 is 18.9 Å². The number of benzene rings is 3. The third-order valence-corrected chi connectivity index (χ3v) is 6.74. The molecule has 0 saturated carbocycles. The number of rotatable bonds is 6. The summed E-state index contributed by atoms with van der Waals surface area (Å²) >= 11 is 0. The molecule has 6 heteroatoms. The van der Waals surface area contributed by atoms with Gasteiger partial charge in [-0.05, 0) is 59.4 Å². The molecular formula is C30H31NO5. The van der Waals surface area contributed by atoms with Gasteiger partial charge in [-0.15, -0.1) is 0 Å². The zero-order valence-electron chi connectivity index (χ0n) is 21.4. The van der Waals surface area contributed by atoms with Gasteiger partial charge < -0.3 is 18.9 Å². The van der Waals surface area contributed by atoms with Gasteiger partial charge in [-0.1, -0.05) is 44.2 Å². The Hall–Kier alpha value is -3.77. The molecule has 0 saturated heterocycles. The number of ether oxygens (including phenoxy) is 4. The van der Waals surface area contributed by atoms with Crippen LogP contribution in [0.5, 0.6) is 23.0 Å². The summed E-state index contributed by atoms with van der Waals surface area (Å²) in [4.78, 5) is 15.5. The van der Waals surface area contributed by atoms with Crippen molar-refractivity contribution in [2.45, 2.75) is 39.8 Å². The average Bonchev–Trinajstić information content (AvgIpc) is 3.21. The Labute approximate surface area is 212 Å². The first-order chi connectivity index (χ1) is 17.4. The Morgan fingerprint density at radius 2 is 1.78 bits per heavy atom. The molecule has 0 atom stereocenters. The molecule has 0 radical (unpaired) electrons. The first-order valence-electron chi connectivity index (χ1n) is 12.1.